The van der Waals surface area contributed by atoms with Crippen molar-refractivity contribution in [2.75, 3.05) is 12.4 Å². The SMILES string of the molecule is COc1ccc(C(=O)NC(=S)Nc2ccc(Cc3c(C)nn(C)c3C)cc2)cc1. The van der Waals surface area contributed by atoms with Gasteiger partial charge in [0, 0.05) is 36.0 Å². The minimum atomic E-state index is -0.274. The average molecular weight is 409 g/mol. The van der Waals surface area contributed by atoms with Gasteiger partial charge in [-0.25, -0.2) is 0 Å². The van der Waals surface area contributed by atoms with Crippen LogP contribution in [0.25, 0.3) is 0 Å². The van der Waals surface area contributed by atoms with Crippen molar-refractivity contribution in [1.82, 2.24) is 15.1 Å². The Morgan fingerprint density at radius 1 is 1.10 bits per heavy atom. The lowest BCUT2D eigenvalue weighted by molar-refractivity contribution is 0.0977. The minimum absolute atomic E-state index is 0.248. The van der Waals surface area contributed by atoms with Crippen molar-refractivity contribution in [1.29, 1.82) is 0 Å². The largest absolute Gasteiger partial charge is 0.497 e. The van der Waals surface area contributed by atoms with E-state index in [9.17, 15) is 4.79 Å². The summed E-state index contributed by atoms with van der Waals surface area (Å²) < 4.78 is 7.00. The highest BCUT2D eigenvalue weighted by Gasteiger charge is 2.11. The van der Waals surface area contributed by atoms with Crippen LogP contribution in [-0.2, 0) is 13.5 Å². The molecule has 0 aliphatic rings. The van der Waals surface area contributed by atoms with Crippen LogP contribution in [0.15, 0.2) is 48.5 Å². The number of aryl methyl sites for hydroxylation is 2. The van der Waals surface area contributed by atoms with Crippen LogP contribution in [0.5, 0.6) is 5.75 Å². The topological polar surface area (TPSA) is 68.2 Å². The van der Waals surface area contributed by atoms with Gasteiger partial charge in [0.2, 0.25) is 0 Å². The van der Waals surface area contributed by atoms with Gasteiger partial charge >= 0.3 is 0 Å². The van der Waals surface area contributed by atoms with E-state index in [-0.39, 0.29) is 11.0 Å². The summed E-state index contributed by atoms with van der Waals surface area (Å²) in [6.45, 7) is 4.11. The lowest BCUT2D eigenvalue weighted by Gasteiger charge is -2.11. The van der Waals surface area contributed by atoms with E-state index in [2.05, 4.69) is 22.7 Å². The molecule has 3 rings (SSSR count). The summed E-state index contributed by atoms with van der Waals surface area (Å²) >= 11 is 5.26. The predicted octanol–water partition coefficient (Wildman–Crippen LogP) is 3.76. The maximum Gasteiger partial charge on any atom is 0.257 e. The van der Waals surface area contributed by atoms with Crippen molar-refractivity contribution in [3.05, 3.63) is 76.6 Å². The van der Waals surface area contributed by atoms with Crippen LogP contribution >= 0.6 is 12.2 Å². The molecule has 2 N–H and O–H groups in total. The highest BCUT2D eigenvalue weighted by molar-refractivity contribution is 7.80. The number of methoxy groups -OCH3 is 1. The molecule has 2 aromatic carbocycles. The standard InChI is InChI=1S/C22H24N4O2S/c1-14-20(15(2)26(3)25-14)13-16-5-9-18(10-6-16)23-22(29)24-21(27)17-7-11-19(28-4)12-8-17/h5-12H,13H2,1-4H3,(H2,23,24,27,29). The van der Waals surface area contributed by atoms with Crippen molar-refractivity contribution in [2.45, 2.75) is 20.3 Å². The molecular weight excluding hydrogens is 384 g/mol. The van der Waals surface area contributed by atoms with Crippen LogP contribution in [-0.4, -0.2) is 27.9 Å². The molecule has 7 heteroatoms. The van der Waals surface area contributed by atoms with Crippen molar-refractivity contribution in [3.63, 3.8) is 0 Å². The summed E-state index contributed by atoms with van der Waals surface area (Å²) in [7, 11) is 3.54. The number of hydrogen-bond acceptors (Lipinski definition) is 4. The van der Waals surface area contributed by atoms with E-state index in [1.807, 2.05) is 42.9 Å². The van der Waals surface area contributed by atoms with E-state index in [1.54, 1.807) is 31.4 Å². The molecule has 0 saturated carbocycles. The molecular formula is C22H24N4O2S. The second-order valence-electron chi connectivity index (χ2n) is 6.78. The molecule has 1 aromatic heterocycles. The monoisotopic (exact) mass is 408 g/mol. The zero-order valence-electron chi connectivity index (χ0n) is 16.9. The Kier molecular flexibility index (Phi) is 6.29. The molecule has 0 spiro atoms. The highest BCUT2D eigenvalue weighted by atomic mass is 32.1. The summed E-state index contributed by atoms with van der Waals surface area (Å²) in [4.78, 5) is 12.3. The number of carbonyl (C=O) groups excluding carboxylic acids is 1. The van der Waals surface area contributed by atoms with Gasteiger partial charge in [0.1, 0.15) is 5.75 Å². The van der Waals surface area contributed by atoms with Gasteiger partial charge in [0.05, 0.1) is 12.8 Å². The van der Waals surface area contributed by atoms with Gasteiger partial charge in [0.25, 0.3) is 5.91 Å². The molecule has 150 valence electrons. The zero-order chi connectivity index (χ0) is 21.0. The minimum Gasteiger partial charge on any atom is -0.497 e. The molecule has 1 amide bonds. The van der Waals surface area contributed by atoms with E-state index < -0.39 is 0 Å². The summed E-state index contributed by atoms with van der Waals surface area (Å²) in [5.74, 6) is 0.420. The van der Waals surface area contributed by atoms with Gasteiger partial charge in [0.15, 0.2) is 5.11 Å². The van der Waals surface area contributed by atoms with Gasteiger partial charge in [-0.3, -0.25) is 14.8 Å². The van der Waals surface area contributed by atoms with Gasteiger partial charge in [-0.1, -0.05) is 12.1 Å². The lowest BCUT2D eigenvalue weighted by Crippen LogP contribution is -2.34. The molecule has 0 saturated heterocycles. The quantitative estimate of drug-likeness (QED) is 0.629. The summed E-state index contributed by atoms with van der Waals surface area (Å²) in [5.41, 5.74) is 5.97. The third-order valence-electron chi connectivity index (χ3n) is 4.83. The van der Waals surface area contributed by atoms with Crippen molar-refractivity contribution < 1.29 is 9.53 Å². The number of nitrogens with one attached hydrogen (secondary N) is 2. The normalized spacial score (nSPS) is 10.5. The first-order valence-corrected chi connectivity index (χ1v) is 9.62. The second kappa shape index (κ2) is 8.87. The Morgan fingerprint density at radius 3 is 2.31 bits per heavy atom. The highest BCUT2D eigenvalue weighted by Crippen LogP contribution is 2.19. The van der Waals surface area contributed by atoms with Crippen LogP contribution in [0.4, 0.5) is 5.69 Å². The summed E-state index contributed by atoms with van der Waals surface area (Å²) in [6, 6.07) is 14.8. The molecule has 1 heterocycles. The predicted molar refractivity (Wildman–Crippen MR) is 119 cm³/mol. The van der Waals surface area contributed by atoms with Gasteiger partial charge < -0.3 is 10.1 Å². The molecule has 0 aliphatic carbocycles. The molecule has 0 radical (unpaired) electrons. The van der Waals surface area contributed by atoms with E-state index in [0.29, 0.717) is 11.3 Å². The smallest absolute Gasteiger partial charge is 0.257 e. The Labute approximate surface area is 175 Å². The number of hydrogen-bond donors (Lipinski definition) is 2. The molecule has 29 heavy (non-hydrogen) atoms. The third-order valence-corrected chi connectivity index (χ3v) is 5.03. The van der Waals surface area contributed by atoms with Crippen molar-refractivity contribution in [3.8, 4) is 5.75 Å². The second-order valence-corrected chi connectivity index (χ2v) is 7.19. The van der Waals surface area contributed by atoms with E-state index >= 15 is 0 Å². The maximum absolute atomic E-state index is 12.3. The molecule has 0 atom stereocenters. The van der Waals surface area contributed by atoms with Crippen LogP contribution in [0.3, 0.4) is 0 Å². The fourth-order valence-electron chi connectivity index (χ4n) is 3.06. The number of aromatic nitrogens is 2. The van der Waals surface area contributed by atoms with Gasteiger partial charge in [-0.15, -0.1) is 0 Å². The lowest BCUT2D eigenvalue weighted by atomic mass is 10.0. The van der Waals surface area contributed by atoms with E-state index in [1.165, 1.54) is 16.8 Å². The molecule has 0 aliphatic heterocycles. The number of benzene rings is 2. The number of amides is 1. The Balaban J connectivity index is 1.58. The number of nitrogens with zero attached hydrogens (tertiary/aromatic N) is 2. The average Bonchev–Trinajstić information content (AvgIpc) is 2.95. The number of ether oxygens (including phenoxy) is 1. The first-order valence-electron chi connectivity index (χ1n) is 9.21. The van der Waals surface area contributed by atoms with E-state index in [0.717, 1.165) is 17.8 Å². The fourth-order valence-corrected chi connectivity index (χ4v) is 3.27. The van der Waals surface area contributed by atoms with Crippen LogP contribution < -0.4 is 15.4 Å². The number of carbonyl (C=O) groups is 1. The first kappa shape index (κ1) is 20.5. The Morgan fingerprint density at radius 2 is 1.76 bits per heavy atom. The Hall–Kier alpha value is -3.19. The molecule has 6 nitrogen and oxygen atoms in total. The van der Waals surface area contributed by atoms with E-state index in [4.69, 9.17) is 17.0 Å². The molecule has 0 fully saturated rings. The summed E-state index contributed by atoms with van der Waals surface area (Å²) in [6.07, 6.45) is 0.824. The fraction of sp³-hybridized carbons (Fsp3) is 0.227. The van der Waals surface area contributed by atoms with Crippen LogP contribution in [0, 0.1) is 13.8 Å². The van der Waals surface area contributed by atoms with Gasteiger partial charge in [-0.05, 0) is 68.0 Å². The van der Waals surface area contributed by atoms with Crippen molar-refractivity contribution in [2.24, 2.45) is 7.05 Å². The number of anilines is 1. The van der Waals surface area contributed by atoms with Crippen molar-refractivity contribution >= 4 is 28.9 Å². The molecule has 0 bridgehead atoms. The first-order chi connectivity index (χ1) is 13.9. The molecule has 0 unspecified atom stereocenters. The number of thiocarbonyl (C=S) groups is 1. The van der Waals surface area contributed by atoms with Gasteiger partial charge in [-0.2, -0.15) is 5.10 Å². The maximum atomic E-state index is 12.3. The third kappa shape index (κ3) is 5.00. The van der Waals surface area contributed by atoms with Crippen LogP contribution in [0.2, 0.25) is 0 Å². The number of rotatable bonds is 5. The summed E-state index contributed by atoms with van der Waals surface area (Å²) in [5, 5.41) is 10.4. The van der Waals surface area contributed by atoms with Crippen LogP contribution in [0.1, 0.15) is 32.9 Å². The Bertz CT molecular complexity index is 1020. The molecule has 3 aromatic rings. The zero-order valence-corrected chi connectivity index (χ0v) is 17.8.